The number of rotatable bonds is 11. The molecule has 0 bridgehead atoms. The summed E-state index contributed by atoms with van der Waals surface area (Å²) in [6.07, 6.45) is 8.30. The van der Waals surface area contributed by atoms with Crippen molar-refractivity contribution in [2.24, 2.45) is 0 Å². The molecule has 1 aromatic heterocycles. The average molecular weight is 442 g/mol. The van der Waals surface area contributed by atoms with E-state index in [2.05, 4.69) is 42.0 Å². The van der Waals surface area contributed by atoms with Crippen molar-refractivity contribution in [2.45, 2.75) is 45.8 Å². The van der Waals surface area contributed by atoms with Gasteiger partial charge >= 0.3 is 5.97 Å². The standard InChI is InChI=1S/C25H31NO4S/c1-4-29-24(25(27)28)17-19-6-10-21(11-7-19)30-16-15-26-18(2)5-14-23(26)20-8-12-22(31-3)13-9-20/h5-8,10-12,14,24H,4,9,13,15-17H2,1-3H3,(H,27,28). The Morgan fingerprint density at radius 3 is 2.55 bits per heavy atom. The predicted molar refractivity (Wildman–Crippen MR) is 127 cm³/mol. The first-order chi connectivity index (χ1) is 15.0. The number of hydrogen-bond acceptors (Lipinski definition) is 4. The van der Waals surface area contributed by atoms with Crippen molar-refractivity contribution in [3.8, 4) is 5.75 Å². The molecule has 0 amide bonds. The van der Waals surface area contributed by atoms with E-state index >= 15 is 0 Å². The Labute approximate surface area is 188 Å². The minimum absolute atomic E-state index is 0.344. The van der Waals surface area contributed by atoms with Crippen LogP contribution in [0.15, 0.2) is 53.5 Å². The first-order valence-electron chi connectivity index (χ1n) is 10.7. The lowest BCUT2D eigenvalue weighted by atomic mass is 10.0. The highest BCUT2D eigenvalue weighted by atomic mass is 32.2. The molecule has 5 nitrogen and oxygen atoms in total. The van der Waals surface area contributed by atoms with E-state index in [0.29, 0.717) is 19.6 Å². The van der Waals surface area contributed by atoms with Gasteiger partial charge in [0.2, 0.25) is 0 Å². The number of allylic oxidation sites excluding steroid dienone is 4. The average Bonchev–Trinajstić information content (AvgIpc) is 3.15. The Balaban J connectivity index is 1.58. The van der Waals surface area contributed by atoms with Gasteiger partial charge in [0, 0.05) is 24.4 Å². The van der Waals surface area contributed by atoms with E-state index in [4.69, 9.17) is 9.47 Å². The first-order valence-corrected chi connectivity index (χ1v) is 11.9. The lowest BCUT2D eigenvalue weighted by molar-refractivity contribution is -0.149. The van der Waals surface area contributed by atoms with Crippen LogP contribution in [0.25, 0.3) is 5.57 Å². The van der Waals surface area contributed by atoms with Gasteiger partial charge in [-0.2, -0.15) is 0 Å². The molecule has 1 unspecified atom stereocenters. The maximum Gasteiger partial charge on any atom is 0.333 e. The van der Waals surface area contributed by atoms with Gasteiger partial charge in [0.25, 0.3) is 0 Å². The summed E-state index contributed by atoms with van der Waals surface area (Å²) in [5.41, 5.74) is 4.78. The van der Waals surface area contributed by atoms with E-state index in [-0.39, 0.29) is 0 Å². The molecular weight excluding hydrogens is 410 g/mol. The second-order valence-corrected chi connectivity index (χ2v) is 8.45. The molecule has 6 heteroatoms. The molecule has 0 saturated heterocycles. The number of aryl methyl sites for hydroxylation is 1. The quantitative estimate of drug-likeness (QED) is 0.511. The number of benzene rings is 1. The van der Waals surface area contributed by atoms with E-state index in [9.17, 15) is 9.90 Å². The van der Waals surface area contributed by atoms with Crippen LogP contribution >= 0.6 is 11.8 Å². The summed E-state index contributed by atoms with van der Waals surface area (Å²) < 4.78 is 13.6. The number of nitrogens with zero attached hydrogens (tertiary/aromatic N) is 1. The normalized spacial score (nSPS) is 14.7. The third-order valence-electron chi connectivity index (χ3n) is 5.47. The number of aromatic nitrogens is 1. The van der Waals surface area contributed by atoms with Crippen LogP contribution in [-0.4, -0.2) is 41.2 Å². The van der Waals surface area contributed by atoms with Crippen molar-refractivity contribution in [1.29, 1.82) is 0 Å². The third kappa shape index (κ3) is 6.28. The van der Waals surface area contributed by atoms with Crippen molar-refractivity contribution >= 4 is 23.3 Å². The zero-order valence-electron chi connectivity index (χ0n) is 18.5. The lowest BCUT2D eigenvalue weighted by Gasteiger charge is -2.18. The van der Waals surface area contributed by atoms with E-state index in [0.717, 1.165) is 30.7 Å². The topological polar surface area (TPSA) is 60.7 Å². The van der Waals surface area contributed by atoms with Crippen molar-refractivity contribution in [2.75, 3.05) is 19.5 Å². The molecule has 31 heavy (non-hydrogen) atoms. The highest BCUT2D eigenvalue weighted by Crippen LogP contribution is 2.31. The van der Waals surface area contributed by atoms with Crippen LogP contribution in [0.4, 0.5) is 0 Å². The number of carboxylic acid groups (broad SMARTS) is 1. The molecule has 1 heterocycles. The van der Waals surface area contributed by atoms with E-state index in [1.165, 1.54) is 21.9 Å². The molecule has 0 spiro atoms. The highest BCUT2D eigenvalue weighted by molar-refractivity contribution is 8.02. The molecule has 3 rings (SSSR count). The Morgan fingerprint density at radius 1 is 1.16 bits per heavy atom. The molecule has 0 aliphatic heterocycles. The number of thioether (sulfide) groups is 1. The summed E-state index contributed by atoms with van der Waals surface area (Å²) in [6.45, 7) is 5.65. The van der Waals surface area contributed by atoms with Gasteiger partial charge in [-0.3, -0.25) is 0 Å². The molecule has 1 N–H and O–H groups in total. The molecule has 0 radical (unpaired) electrons. The fraction of sp³-hybridized carbons (Fsp3) is 0.400. The lowest BCUT2D eigenvalue weighted by Crippen LogP contribution is -2.26. The minimum Gasteiger partial charge on any atom is -0.492 e. The van der Waals surface area contributed by atoms with Crippen molar-refractivity contribution in [1.82, 2.24) is 4.57 Å². The molecular formula is C25H31NO4S. The Morgan fingerprint density at radius 2 is 1.94 bits per heavy atom. The van der Waals surface area contributed by atoms with Crippen LogP contribution in [0, 0.1) is 6.92 Å². The van der Waals surface area contributed by atoms with E-state index < -0.39 is 12.1 Å². The van der Waals surface area contributed by atoms with Gasteiger partial charge < -0.3 is 19.1 Å². The van der Waals surface area contributed by atoms with Crippen LogP contribution in [-0.2, 0) is 22.5 Å². The van der Waals surface area contributed by atoms with Crippen molar-refractivity contribution in [3.63, 3.8) is 0 Å². The van der Waals surface area contributed by atoms with Crippen LogP contribution < -0.4 is 4.74 Å². The Kier molecular flexibility index (Phi) is 8.43. The maximum absolute atomic E-state index is 11.3. The zero-order chi connectivity index (χ0) is 22.2. The fourth-order valence-corrected chi connectivity index (χ4v) is 4.27. The number of hydrogen-bond donors (Lipinski definition) is 1. The molecule has 166 valence electrons. The number of carboxylic acids is 1. The monoisotopic (exact) mass is 441 g/mol. The summed E-state index contributed by atoms with van der Waals surface area (Å²) >= 11 is 1.83. The van der Waals surface area contributed by atoms with E-state index in [1.54, 1.807) is 6.92 Å². The highest BCUT2D eigenvalue weighted by Gasteiger charge is 2.18. The molecule has 1 atom stereocenters. The van der Waals surface area contributed by atoms with Crippen LogP contribution in [0.5, 0.6) is 5.75 Å². The smallest absolute Gasteiger partial charge is 0.333 e. The van der Waals surface area contributed by atoms with Gasteiger partial charge in [0.1, 0.15) is 12.4 Å². The number of carbonyl (C=O) groups is 1. The molecule has 1 aromatic carbocycles. The van der Waals surface area contributed by atoms with Gasteiger partial charge in [-0.15, -0.1) is 11.8 Å². The predicted octanol–water partition coefficient (Wildman–Crippen LogP) is 5.33. The zero-order valence-corrected chi connectivity index (χ0v) is 19.3. The third-order valence-corrected chi connectivity index (χ3v) is 6.34. The van der Waals surface area contributed by atoms with Crippen LogP contribution in [0.3, 0.4) is 0 Å². The van der Waals surface area contributed by atoms with Gasteiger partial charge in [-0.05, 0) is 73.3 Å². The van der Waals surface area contributed by atoms with Gasteiger partial charge in [-0.25, -0.2) is 4.79 Å². The summed E-state index contributed by atoms with van der Waals surface area (Å²) in [7, 11) is 0. The summed E-state index contributed by atoms with van der Waals surface area (Å²) in [6, 6.07) is 11.9. The summed E-state index contributed by atoms with van der Waals surface area (Å²) in [4.78, 5) is 12.7. The summed E-state index contributed by atoms with van der Waals surface area (Å²) in [5, 5.41) is 9.23. The number of aliphatic carboxylic acids is 1. The SMILES string of the molecule is CCOC(Cc1ccc(OCCn2c(C)ccc2C2=CC=C(SC)CC2)cc1)C(=O)O. The van der Waals surface area contributed by atoms with Crippen molar-refractivity contribution < 1.29 is 19.4 Å². The van der Waals surface area contributed by atoms with Crippen LogP contribution in [0.1, 0.15) is 36.7 Å². The van der Waals surface area contributed by atoms with Gasteiger partial charge in [0.05, 0.1) is 6.54 Å². The summed E-state index contributed by atoms with van der Waals surface area (Å²) in [5.74, 6) is -0.156. The van der Waals surface area contributed by atoms with Crippen LogP contribution in [0.2, 0.25) is 0 Å². The molecule has 1 aliphatic rings. The number of ether oxygens (including phenoxy) is 2. The second kappa shape index (κ2) is 11.3. The largest absolute Gasteiger partial charge is 0.492 e. The molecule has 1 aliphatic carbocycles. The van der Waals surface area contributed by atoms with E-state index in [1.807, 2.05) is 36.0 Å². The molecule has 2 aromatic rings. The first kappa shape index (κ1) is 23.2. The minimum atomic E-state index is -0.937. The Bertz CT molecular complexity index is 943. The Hall–Kier alpha value is -2.44. The molecule has 0 fully saturated rings. The maximum atomic E-state index is 11.3. The van der Waals surface area contributed by atoms with Crippen molar-refractivity contribution in [3.05, 3.63) is 70.4 Å². The molecule has 0 saturated carbocycles. The van der Waals surface area contributed by atoms with Gasteiger partial charge in [-0.1, -0.05) is 24.3 Å². The second-order valence-electron chi connectivity index (χ2n) is 7.52. The van der Waals surface area contributed by atoms with Gasteiger partial charge in [0.15, 0.2) is 6.10 Å². The fourth-order valence-electron chi connectivity index (χ4n) is 3.76.